The van der Waals surface area contributed by atoms with E-state index in [1.54, 1.807) is 5.06 Å². The van der Waals surface area contributed by atoms with Gasteiger partial charge < -0.3 is 23.5 Å². The topological polar surface area (TPSA) is 83.5 Å². The maximum atomic E-state index is 11.8. The Morgan fingerprint density at radius 2 is 1.63 bits per heavy atom. The van der Waals surface area contributed by atoms with Gasteiger partial charge in [-0.25, -0.2) is 0 Å². The van der Waals surface area contributed by atoms with E-state index in [1.807, 2.05) is 0 Å². The smallest absolute Gasteiger partial charge is 0.322 e. The summed E-state index contributed by atoms with van der Waals surface area (Å²) in [4.78, 5) is 23.6. The summed E-state index contributed by atoms with van der Waals surface area (Å²) in [6, 6.07) is 0. The van der Waals surface area contributed by atoms with Crippen LogP contribution in [0.5, 0.6) is 0 Å². The molecule has 0 aromatic rings. The zero-order chi connectivity index (χ0) is 21.3. The summed E-state index contributed by atoms with van der Waals surface area (Å²) >= 11 is 0. The lowest BCUT2D eigenvalue weighted by molar-refractivity contribution is -0.280. The predicted molar refractivity (Wildman–Crippen MR) is 104 cm³/mol. The van der Waals surface area contributed by atoms with Gasteiger partial charge in [-0.2, -0.15) is 5.06 Å². The van der Waals surface area contributed by atoms with Gasteiger partial charge >= 0.3 is 5.97 Å². The van der Waals surface area contributed by atoms with Crippen LogP contribution in [0.15, 0.2) is 0 Å². The van der Waals surface area contributed by atoms with Crippen LogP contribution in [0.25, 0.3) is 0 Å². The van der Waals surface area contributed by atoms with Crippen molar-refractivity contribution in [3.8, 4) is 0 Å². The monoisotopic (exact) mass is 407 g/mol. The maximum absolute atomic E-state index is 11.8. The Morgan fingerprint density at radius 1 is 1.07 bits per heavy atom. The number of esters is 1. The van der Waals surface area contributed by atoms with Crippen LogP contribution >= 0.6 is 0 Å². The van der Waals surface area contributed by atoms with Crippen LogP contribution in [-0.4, -0.2) is 72.1 Å². The molecule has 8 nitrogen and oxygen atoms in total. The number of nitrogens with zero attached hydrogens (tertiary/aromatic N) is 1. The quantitative estimate of drug-likeness (QED) is 0.199. The lowest BCUT2D eigenvalue weighted by Gasteiger charge is -2.39. The highest BCUT2D eigenvalue weighted by atomic mass is 28.4. The van der Waals surface area contributed by atoms with E-state index >= 15 is 0 Å². The molecule has 27 heavy (non-hydrogen) atoms. The van der Waals surface area contributed by atoms with Crippen molar-refractivity contribution in [2.75, 3.05) is 34.4 Å². The molecule has 0 rings (SSSR count). The molecule has 0 heterocycles. The van der Waals surface area contributed by atoms with E-state index in [-0.39, 0.29) is 23.3 Å². The molecule has 0 spiro atoms. The van der Waals surface area contributed by atoms with Gasteiger partial charge in [0.1, 0.15) is 12.6 Å². The molecule has 9 heteroatoms. The Bertz CT molecular complexity index is 461. The van der Waals surface area contributed by atoms with Gasteiger partial charge in [0, 0.05) is 20.8 Å². The molecule has 0 aromatic carbocycles. The van der Waals surface area contributed by atoms with Crippen LogP contribution in [0.2, 0.25) is 18.1 Å². The van der Waals surface area contributed by atoms with Gasteiger partial charge in [-0.15, -0.1) is 0 Å². The fourth-order valence-corrected chi connectivity index (χ4v) is 3.06. The predicted octanol–water partition coefficient (Wildman–Crippen LogP) is 2.73. The Hall–Kier alpha value is -0.843. The molecule has 0 amide bonds. The van der Waals surface area contributed by atoms with Crippen molar-refractivity contribution in [1.29, 1.82) is 0 Å². The van der Waals surface area contributed by atoms with E-state index in [2.05, 4.69) is 33.9 Å². The minimum absolute atomic E-state index is 0.00342. The zero-order valence-electron chi connectivity index (χ0n) is 18.3. The number of carbonyl (C=O) groups excluding carboxylic acids is 2. The molecule has 0 bridgehead atoms. The Balaban J connectivity index is 4.91. The van der Waals surface area contributed by atoms with Crippen LogP contribution in [0.4, 0.5) is 0 Å². The van der Waals surface area contributed by atoms with Gasteiger partial charge in [0.2, 0.25) is 8.32 Å². The van der Waals surface area contributed by atoms with E-state index < -0.39 is 20.9 Å². The van der Waals surface area contributed by atoms with Gasteiger partial charge in [-0.05, 0) is 37.9 Å². The van der Waals surface area contributed by atoms with Crippen molar-refractivity contribution in [1.82, 2.24) is 5.06 Å². The third-order valence-electron chi connectivity index (χ3n) is 4.68. The number of methoxy groups -OCH3 is 3. The summed E-state index contributed by atoms with van der Waals surface area (Å²) in [6.07, 6.45) is 0.398. The minimum atomic E-state index is -2.10. The number of hydrogen-bond donors (Lipinski definition) is 0. The molecule has 1 unspecified atom stereocenters. The van der Waals surface area contributed by atoms with E-state index in [0.717, 1.165) is 0 Å². The lowest BCUT2D eigenvalue weighted by Crippen LogP contribution is -2.48. The summed E-state index contributed by atoms with van der Waals surface area (Å²) in [7, 11) is 2.13. The Labute approximate surface area is 164 Å². The number of rotatable bonds is 13. The van der Waals surface area contributed by atoms with Crippen molar-refractivity contribution in [3.63, 3.8) is 0 Å². The van der Waals surface area contributed by atoms with E-state index in [1.165, 1.54) is 28.3 Å². The third kappa shape index (κ3) is 9.77. The van der Waals surface area contributed by atoms with Crippen molar-refractivity contribution < 1.29 is 33.1 Å². The summed E-state index contributed by atoms with van der Waals surface area (Å²) < 4.78 is 26.5. The summed E-state index contributed by atoms with van der Waals surface area (Å²) in [5.41, 5.74) is 0. The van der Waals surface area contributed by atoms with E-state index in [9.17, 15) is 9.59 Å². The van der Waals surface area contributed by atoms with Crippen LogP contribution < -0.4 is 0 Å². The highest BCUT2D eigenvalue weighted by molar-refractivity contribution is 6.74. The maximum Gasteiger partial charge on any atom is 0.322 e. The molecular weight excluding hydrogens is 370 g/mol. The first-order chi connectivity index (χ1) is 12.4. The van der Waals surface area contributed by atoms with E-state index in [0.29, 0.717) is 19.4 Å². The van der Waals surface area contributed by atoms with Crippen molar-refractivity contribution in [2.45, 2.75) is 71.2 Å². The summed E-state index contributed by atoms with van der Waals surface area (Å²) in [5.74, 6) is -0.481. The number of Topliss-reactive ketones (excluding diaryl/α,β-unsaturated/α-hetero) is 1. The van der Waals surface area contributed by atoms with Crippen LogP contribution in [0.3, 0.4) is 0 Å². The number of ketones is 1. The first kappa shape index (κ1) is 26.2. The second kappa shape index (κ2) is 11.9. The fourth-order valence-electron chi connectivity index (χ4n) is 1.99. The molecule has 0 saturated heterocycles. The average Bonchev–Trinajstić information content (AvgIpc) is 2.55. The normalized spacial score (nSPS) is 13.9. The van der Waals surface area contributed by atoms with Gasteiger partial charge in [0.05, 0.1) is 7.11 Å². The minimum Gasteiger partial charge on any atom is -0.468 e. The van der Waals surface area contributed by atoms with Crippen molar-refractivity contribution in [3.05, 3.63) is 0 Å². The molecule has 0 aromatic heterocycles. The van der Waals surface area contributed by atoms with Gasteiger partial charge in [-0.3, -0.25) is 9.59 Å². The lowest BCUT2D eigenvalue weighted by atomic mass is 10.1. The Morgan fingerprint density at radius 3 is 2.04 bits per heavy atom. The van der Waals surface area contributed by atoms with Gasteiger partial charge in [0.25, 0.3) is 6.48 Å². The van der Waals surface area contributed by atoms with Crippen molar-refractivity contribution >= 4 is 20.1 Å². The average molecular weight is 408 g/mol. The molecule has 0 N–H and O–H groups in total. The first-order valence-corrected chi connectivity index (χ1v) is 12.0. The van der Waals surface area contributed by atoms with Crippen molar-refractivity contribution in [2.24, 2.45) is 0 Å². The highest BCUT2D eigenvalue weighted by Crippen LogP contribution is 2.37. The molecule has 1 atom stereocenters. The molecule has 0 fully saturated rings. The molecular formula is C18H37NO7Si. The number of carbonyl (C=O) groups is 2. The molecule has 0 aliphatic rings. The molecule has 0 saturated carbocycles. The number of ether oxygens (including phenoxy) is 4. The highest BCUT2D eigenvalue weighted by Gasteiger charge is 2.40. The molecule has 0 aliphatic heterocycles. The second-order valence-corrected chi connectivity index (χ2v) is 12.6. The Kier molecular flexibility index (Phi) is 11.5. The largest absolute Gasteiger partial charge is 0.468 e. The fraction of sp³-hybridized carbons (Fsp3) is 0.889. The van der Waals surface area contributed by atoms with Gasteiger partial charge in [0.15, 0.2) is 5.78 Å². The van der Waals surface area contributed by atoms with Crippen LogP contribution in [0.1, 0.15) is 40.5 Å². The SMILES string of the molecule is COC(=O)CN(CCCC(OC(OC)OC)C(C)=O)O[Si](C)(C)C(C)(C)C. The molecule has 0 radical (unpaired) electrons. The third-order valence-corrected chi connectivity index (χ3v) is 9.01. The number of hydrogen-bond acceptors (Lipinski definition) is 8. The zero-order valence-corrected chi connectivity index (χ0v) is 19.3. The first-order valence-electron chi connectivity index (χ1n) is 9.10. The number of hydroxylamine groups is 2. The summed E-state index contributed by atoms with van der Waals surface area (Å²) in [6.45, 7) is 11.7. The standard InChI is InChI=1S/C18H37NO7Si/c1-14(20)15(25-17(23-6)24-7)11-10-12-19(13-16(21)22-5)26-27(8,9)18(2,3)4/h15,17H,10-13H2,1-9H3. The van der Waals surface area contributed by atoms with Gasteiger partial charge in [-0.1, -0.05) is 20.8 Å². The van der Waals surface area contributed by atoms with Crippen LogP contribution in [0, 0.1) is 0 Å². The second-order valence-electron chi connectivity index (χ2n) is 7.93. The van der Waals surface area contributed by atoms with Crippen LogP contribution in [-0.2, 0) is 33.1 Å². The van der Waals surface area contributed by atoms with E-state index in [4.69, 9.17) is 23.5 Å². The molecule has 0 aliphatic carbocycles. The molecule has 160 valence electrons. The summed E-state index contributed by atoms with van der Waals surface area (Å²) in [5, 5.41) is 1.64.